The summed E-state index contributed by atoms with van der Waals surface area (Å²) in [5.41, 5.74) is 2.11. The summed E-state index contributed by atoms with van der Waals surface area (Å²) in [5.74, 6) is 0.329. The van der Waals surface area contributed by atoms with Gasteiger partial charge in [0.05, 0.1) is 0 Å². The lowest BCUT2D eigenvalue weighted by atomic mass is 10.1. The summed E-state index contributed by atoms with van der Waals surface area (Å²) in [5, 5.41) is 0. The first-order valence-corrected chi connectivity index (χ1v) is 5.83. The van der Waals surface area contributed by atoms with Gasteiger partial charge in [0.15, 0.2) is 0 Å². The first-order chi connectivity index (χ1) is 7.75. The predicted molar refractivity (Wildman–Crippen MR) is 59.4 cm³/mol. The summed E-state index contributed by atoms with van der Waals surface area (Å²) in [6.07, 6.45) is 0. The fourth-order valence-electron chi connectivity index (χ4n) is 1.42. The SMILES string of the molecule is [O-]P([O-])Oc1ccc(-c2ccccc2)cc1. The normalized spacial score (nSPS) is 10.4. The van der Waals surface area contributed by atoms with Gasteiger partial charge < -0.3 is 14.3 Å². The van der Waals surface area contributed by atoms with E-state index in [1.165, 1.54) is 0 Å². The zero-order chi connectivity index (χ0) is 11.4. The highest BCUT2D eigenvalue weighted by Crippen LogP contribution is 2.26. The standard InChI is InChI=1S/C12H9O3P/c13-16(14)15-12-8-6-11(7-9-12)10-4-2-1-3-5-10/h1-9H/q-2. The fraction of sp³-hybridized carbons (Fsp3) is 0. The van der Waals surface area contributed by atoms with Gasteiger partial charge >= 0.3 is 0 Å². The molecule has 0 heterocycles. The molecule has 82 valence electrons. The molecule has 0 aliphatic carbocycles. The molecular weight excluding hydrogens is 223 g/mol. The van der Waals surface area contributed by atoms with E-state index in [1.54, 1.807) is 12.1 Å². The minimum Gasteiger partial charge on any atom is -0.810 e. The van der Waals surface area contributed by atoms with Crippen molar-refractivity contribution in [3.05, 3.63) is 54.6 Å². The van der Waals surface area contributed by atoms with Crippen LogP contribution in [-0.2, 0) is 0 Å². The van der Waals surface area contributed by atoms with Crippen molar-refractivity contribution < 1.29 is 14.3 Å². The fourth-order valence-corrected chi connectivity index (χ4v) is 1.72. The molecule has 0 spiro atoms. The van der Waals surface area contributed by atoms with Gasteiger partial charge in [-0.15, -0.1) is 0 Å². The number of benzene rings is 2. The highest BCUT2D eigenvalue weighted by atomic mass is 31.2. The highest BCUT2D eigenvalue weighted by molar-refractivity contribution is 7.36. The summed E-state index contributed by atoms with van der Waals surface area (Å²) in [6.45, 7) is 0. The molecule has 2 aromatic rings. The van der Waals surface area contributed by atoms with Crippen LogP contribution in [0.25, 0.3) is 11.1 Å². The third-order valence-electron chi connectivity index (χ3n) is 2.14. The van der Waals surface area contributed by atoms with Crippen molar-refractivity contribution in [2.45, 2.75) is 0 Å². The number of hydrogen-bond acceptors (Lipinski definition) is 3. The van der Waals surface area contributed by atoms with Gasteiger partial charge in [-0.2, -0.15) is 0 Å². The van der Waals surface area contributed by atoms with Crippen molar-refractivity contribution in [1.29, 1.82) is 0 Å². The Kier molecular flexibility index (Phi) is 3.52. The molecule has 0 N–H and O–H groups in total. The number of rotatable bonds is 3. The second kappa shape index (κ2) is 5.08. The molecule has 0 saturated carbocycles. The van der Waals surface area contributed by atoms with Gasteiger partial charge in [0.2, 0.25) is 0 Å². The first kappa shape index (κ1) is 11.1. The third-order valence-corrected chi connectivity index (χ3v) is 2.50. The molecule has 0 radical (unpaired) electrons. The monoisotopic (exact) mass is 232 g/mol. The summed E-state index contributed by atoms with van der Waals surface area (Å²) in [6, 6.07) is 16.7. The van der Waals surface area contributed by atoms with Crippen LogP contribution in [0.1, 0.15) is 0 Å². The second-order valence-electron chi connectivity index (χ2n) is 3.21. The summed E-state index contributed by atoms with van der Waals surface area (Å²) in [4.78, 5) is 20.7. The van der Waals surface area contributed by atoms with Crippen molar-refractivity contribution >= 4 is 8.60 Å². The van der Waals surface area contributed by atoms with Crippen LogP contribution in [-0.4, -0.2) is 0 Å². The summed E-state index contributed by atoms with van der Waals surface area (Å²) < 4.78 is 4.56. The van der Waals surface area contributed by atoms with Gasteiger partial charge in [-0.25, -0.2) is 0 Å². The summed E-state index contributed by atoms with van der Waals surface area (Å²) >= 11 is 0. The van der Waals surface area contributed by atoms with Gasteiger partial charge in [-0.1, -0.05) is 51.1 Å². The Morgan fingerprint density at radius 2 is 1.31 bits per heavy atom. The van der Waals surface area contributed by atoms with E-state index in [-0.39, 0.29) is 0 Å². The quantitative estimate of drug-likeness (QED) is 0.756. The van der Waals surface area contributed by atoms with Crippen LogP contribution < -0.4 is 14.3 Å². The highest BCUT2D eigenvalue weighted by Gasteiger charge is 1.96. The van der Waals surface area contributed by atoms with E-state index in [0.29, 0.717) is 5.75 Å². The van der Waals surface area contributed by atoms with Crippen molar-refractivity contribution in [2.75, 3.05) is 0 Å². The molecule has 0 fully saturated rings. The molecule has 0 atom stereocenters. The lowest BCUT2D eigenvalue weighted by Crippen LogP contribution is -2.12. The van der Waals surface area contributed by atoms with Crippen LogP contribution in [0.5, 0.6) is 5.75 Å². The van der Waals surface area contributed by atoms with Crippen LogP contribution in [0.2, 0.25) is 0 Å². The molecule has 0 amide bonds. The topological polar surface area (TPSA) is 55.3 Å². The van der Waals surface area contributed by atoms with Crippen LogP contribution in [0.4, 0.5) is 0 Å². The molecule has 3 nitrogen and oxygen atoms in total. The van der Waals surface area contributed by atoms with E-state index in [9.17, 15) is 9.79 Å². The van der Waals surface area contributed by atoms with Crippen LogP contribution in [0.3, 0.4) is 0 Å². The molecule has 2 rings (SSSR count). The van der Waals surface area contributed by atoms with E-state index in [1.807, 2.05) is 42.5 Å². The van der Waals surface area contributed by atoms with Gasteiger partial charge in [-0.05, 0) is 23.3 Å². The average Bonchev–Trinajstić information content (AvgIpc) is 2.30. The predicted octanol–water partition coefficient (Wildman–Crippen LogP) is 1.68. The van der Waals surface area contributed by atoms with Gasteiger partial charge in [-0.3, -0.25) is 0 Å². The maximum absolute atomic E-state index is 10.3. The summed E-state index contributed by atoms with van der Waals surface area (Å²) in [7, 11) is -2.84. The molecular formula is C12H9O3P-2. The van der Waals surface area contributed by atoms with E-state index < -0.39 is 8.60 Å². The molecule has 0 aromatic heterocycles. The van der Waals surface area contributed by atoms with Crippen molar-refractivity contribution in [1.82, 2.24) is 0 Å². The molecule has 0 saturated heterocycles. The minimum absolute atomic E-state index is 0.329. The van der Waals surface area contributed by atoms with Crippen molar-refractivity contribution in [2.24, 2.45) is 0 Å². The molecule has 4 heteroatoms. The Morgan fingerprint density at radius 1 is 0.750 bits per heavy atom. The Hall–Kier alpha value is -1.41. The van der Waals surface area contributed by atoms with Gasteiger partial charge in [0.1, 0.15) is 5.75 Å². The maximum atomic E-state index is 10.3. The van der Waals surface area contributed by atoms with E-state index in [2.05, 4.69) is 4.52 Å². The third kappa shape index (κ3) is 2.80. The molecule has 0 bridgehead atoms. The number of hydrogen-bond donors (Lipinski definition) is 0. The van der Waals surface area contributed by atoms with Gasteiger partial charge in [0, 0.05) is 0 Å². The van der Waals surface area contributed by atoms with E-state index in [0.717, 1.165) is 11.1 Å². The van der Waals surface area contributed by atoms with Crippen LogP contribution in [0, 0.1) is 0 Å². The lowest BCUT2D eigenvalue weighted by molar-refractivity contribution is -0.310. The average molecular weight is 232 g/mol. The van der Waals surface area contributed by atoms with E-state index >= 15 is 0 Å². The van der Waals surface area contributed by atoms with Gasteiger partial charge in [0.25, 0.3) is 0 Å². The molecule has 16 heavy (non-hydrogen) atoms. The van der Waals surface area contributed by atoms with Crippen molar-refractivity contribution in [3.63, 3.8) is 0 Å². The van der Waals surface area contributed by atoms with Crippen LogP contribution in [0.15, 0.2) is 54.6 Å². The molecule has 0 unspecified atom stereocenters. The van der Waals surface area contributed by atoms with Crippen LogP contribution >= 0.6 is 8.60 Å². The smallest absolute Gasteiger partial charge is 0.119 e. The Balaban J connectivity index is 2.20. The Labute approximate surface area is 95.0 Å². The Bertz CT molecular complexity index is 440. The molecule has 0 aliphatic heterocycles. The molecule has 2 aromatic carbocycles. The molecule has 0 aliphatic rings. The zero-order valence-electron chi connectivity index (χ0n) is 8.37. The largest absolute Gasteiger partial charge is 0.810 e. The second-order valence-corrected chi connectivity index (χ2v) is 3.84. The maximum Gasteiger partial charge on any atom is 0.119 e. The lowest BCUT2D eigenvalue weighted by Gasteiger charge is -2.29. The first-order valence-electron chi connectivity index (χ1n) is 4.73. The van der Waals surface area contributed by atoms with E-state index in [4.69, 9.17) is 0 Å². The van der Waals surface area contributed by atoms with Crippen molar-refractivity contribution in [3.8, 4) is 16.9 Å². The Morgan fingerprint density at radius 3 is 1.88 bits per heavy atom. The zero-order valence-corrected chi connectivity index (χ0v) is 9.26. The minimum atomic E-state index is -2.84.